The van der Waals surface area contributed by atoms with Crippen molar-refractivity contribution < 1.29 is 14.4 Å². The number of nitrogens with zero attached hydrogens (tertiary/aromatic N) is 2. The first-order chi connectivity index (χ1) is 12.5. The van der Waals surface area contributed by atoms with Crippen LogP contribution in [0, 0.1) is 0 Å². The molecule has 0 unspecified atom stereocenters. The van der Waals surface area contributed by atoms with Crippen molar-refractivity contribution in [1.82, 2.24) is 20.4 Å². The molecule has 1 saturated heterocycles. The lowest BCUT2D eigenvalue weighted by Gasteiger charge is -2.34. The van der Waals surface area contributed by atoms with Gasteiger partial charge in [0.25, 0.3) is 0 Å². The van der Waals surface area contributed by atoms with Crippen molar-refractivity contribution in [2.75, 3.05) is 45.8 Å². The van der Waals surface area contributed by atoms with E-state index in [4.69, 9.17) is 0 Å². The Labute approximate surface area is 154 Å². The predicted octanol–water partition coefficient (Wildman–Crippen LogP) is 0.0963. The van der Waals surface area contributed by atoms with Gasteiger partial charge in [0, 0.05) is 39.6 Å². The molecule has 3 amide bonds. The van der Waals surface area contributed by atoms with Crippen molar-refractivity contribution in [2.24, 2.45) is 0 Å². The van der Waals surface area contributed by atoms with Gasteiger partial charge in [-0.2, -0.15) is 0 Å². The van der Waals surface area contributed by atoms with Gasteiger partial charge >= 0.3 is 0 Å². The van der Waals surface area contributed by atoms with E-state index < -0.39 is 0 Å². The fourth-order valence-corrected chi connectivity index (χ4v) is 2.64. The third-order valence-electron chi connectivity index (χ3n) is 4.13. The van der Waals surface area contributed by atoms with E-state index in [0.717, 1.165) is 19.6 Å². The molecule has 0 atom stereocenters. The predicted molar refractivity (Wildman–Crippen MR) is 100 cm³/mol. The van der Waals surface area contributed by atoms with Gasteiger partial charge < -0.3 is 15.5 Å². The number of rotatable bonds is 7. The molecule has 0 aromatic heterocycles. The smallest absolute Gasteiger partial charge is 0.242 e. The lowest BCUT2D eigenvalue weighted by molar-refractivity contribution is -0.134. The van der Waals surface area contributed by atoms with Crippen LogP contribution >= 0.6 is 0 Å². The van der Waals surface area contributed by atoms with Gasteiger partial charge in [-0.25, -0.2) is 0 Å². The maximum absolute atomic E-state index is 12.1. The van der Waals surface area contributed by atoms with Crippen LogP contribution in [0.15, 0.2) is 36.4 Å². The molecule has 0 radical (unpaired) electrons. The van der Waals surface area contributed by atoms with E-state index in [0.29, 0.717) is 13.1 Å². The summed E-state index contributed by atoms with van der Waals surface area (Å²) in [7, 11) is 0. The van der Waals surface area contributed by atoms with E-state index in [9.17, 15) is 14.4 Å². The number of carbonyl (C=O) groups is 3. The first-order valence-electron chi connectivity index (χ1n) is 8.77. The van der Waals surface area contributed by atoms with Gasteiger partial charge in [-0.3, -0.25) is 19.3 Å². The van der Waals surface area contributed by atoms with Crippen LogP contribution in [-0.4, -0.2) is 73.3 Å². The molecule has 1 fully saturated rings. The molecule has 0 aliphatic carbocycles. The highest BCUT2D eigenvalue weighted by Gasteiger charge is 2.20. The van der Waals surface area contributed by atoms with E-state index >= 15 is 0 Å². The van der Waals surface area contributed by atoms with Crippen LogP contribution in [0.5, 0.6) is 0 Å². The minimum Gasteiger partial charge on any atom is -0.347 e. The van der Waals surface area contributed by atoms with Gasteiger partial charge in [-0.05, 0) is 5.56 Å². The van der Waals surface area contributed by atoms with Crippen molar-refractivity contribution in [3.8, 4) is 0 Å². The highest BCUT2D eigenvalue weighted by molar-refractivity contribution is 5.87. The maximum atomic E-state index is 12.1. The number of hydrogen-bond donors (Lipinski definition) is 2. The van der Waals surface area contributed by atoms with Crippen LogP contribution in [-0.2, 0) is 14.4 Å². The highest BCUT2D eigenvalue weighted by Crippen LogP contribution is 2.04. The summed E-state index contributed by atoms with van der Waals surface area (Å²) in [5.41, 5.74) is 1.18. The summed E-state index contributed by atoms with van der Waals surface area (Å²) in [6.07, 6.45) is 4.23. The van der Waals surface area contributed by atoms with E-state index in [1.165, 1.54) is 12.5 Å². The van der Waals surface area contributed by atoms with Crippen LogP contribution in [0.4, 0.5) is 0 Å². The molecule has 26 heavy (non-hydrogen) atoms. The summed E-state index contributed by atoms with van der Waals surface area (Å²) in [5, 5.41) is 4.93. The molecule has 7 nitrogen and oxygen atoms in total. The zero-order chi connectivity index (χ0) is 18.8. The molecule has 1 heterocycles. The van der Waals surface area contributed by atoms with Crippen molar-refractivity contribution >= 4 is 23.8 Å². The number of amides is 3. The van der Waals surface area contributed by atoms with E-state index in [1.54, 1.807) is 4.90 Å². The van der Waals surface area contributed by atoms with E-state index in [-0.39, 0.29) is 30.8 Å². The molecular formula is C19H26N4O3. The Morgan fingerprint density at radius 3 is 2.35 bits per heavy atom. The third kappa shape index (κ3) is 7.06. The minimum atomic E-state index is -0.363. The second-order valence-corrected chi connectivity index (χ2v) is 6.18. The Balaban J connectivity index is 1.64. The van der Waals surface area contributed by atoms with Gasteiger partial charge in [-0.1, -0.05) is 42.5 Å². The van der Waals surface area contributed by atoms with Crippen molar-refractivity contribution in [1.29, 1.82) is 0 Å². The average Bonchev–Trinajstić information content (AvgIpc) is 2.66. The highest BCUT2D eigenvalue weighted by atomic mass is 16.2. The molecule has 1 aliphatic heterocycles. The van der Waals surface area contributed by atoms with Crippen molar-refractivity contribution in [3.63, 3.8) is 0 Å². The summed E-state index contributed by atoms with van der Waals surface area (Å²) in [6.45, 7) is 4.97. The van der Waals surface area contributed by atoms with Gasteiger partial charge in [0.1, 0.15) is 0 Å². The molecule has 1 aromatic rings. The van der Waals surface area contributed by atoms with Gasteiger partial charge in [0.15, 0.2) is 0 Å². The van der Waals surface area contributed by atoms with Gasteiger partial charge in [-0.15, -0.1) is 0 Å². The molecule has 7 heteroatoms. The quantitative estimate of drug-likeness (QED) is 0.724. The van der Waals surface area contributed by atoms with Crippen LogP contribution in [0.1, 0.15) is 12.5 Å². The second kappa shape index (κ2) is 10.4. The molecule has 2 N–H and O–H groups in total. The Bertz CT molecular complexity index is 637. The monoisotopic (exact) mass is 358 g/mol. The van der Waals surface area contributed by atoms with E-state index in [2.05, 4.69) is 39.8 Å². The summed E-state index contributed by atoms with van der Waals surface area (Å²) in [4.78, 5) is 38.4. The Morgan fingerprint density at radius 2 is 1.69 bits per heavy atom. The topological polar surface area (TPSA) is 81.8 Å². The van der Waals surface area contributed by atoms with Gasteiger partial charge in [0.2, 0.25) is 17.7 Å². The SMILES string of the molecule is CC(=O)NCC(=O)NCC(=O)N1CCN(C/C=C/c2ccccc2)CC1. The average molecular weight is 358 g/mol. The molecule has 0 bridgehead atoms. The molecular weight excluding hydrogens is 332 g/mol. The molecule has 1 aliphatic rings. The Kier molecular flexibility index (Phi) is 7.82. The number of nitrogens with one attached hydrogen (secondary N) is 2. The fourth-order valence-electron chi connectivity index (χ4n) is 2.64. The first kappa shape index (κ1) is 19.7. The zero-order valence-electron chi connectivity index (χ0n) is 15.1. The normalized spacial score (nSPS) is 15.0. The minimum absolute atomic E-state index is 0.0354. The van der Waals surface area contributed by atoms with Crippen LogP contribution in [0.3, 0.4) is 0 Å². The standard InChI is InChI=1S/C19H26N4O3/c1-16(24)20-14-18(25)21-15-19(26)23-12-10-22(11-13-23)9-5-8-17-6-3-2-4-7-17/h2-8H,9-15H2,1H3,(H,20,24)(H,21,25)/b8-5+. The summed E-state index contributed by atoms with van der Waals surface area (Å²) in [6, 6.07) is 10.1. The van der Waals surface area contributed by atoms with Crippen LogP contribution in [0.25, 0.3) is 6.08 Å². The lowest BCUT2D eigenvalue weighted by Crippen LogP contribution is -2.51. The van der Waals surface area contributed by atoms with Crippen LogP contribution in [0.2, 0.25) is 0 Å². The lowest BCUT2D eigenvalue weighted by atomic mass is 10.2. The third-order valence-corrected chi connectivity index (χ3v) is 4.13. The number of benzene rings is 1. The summed E-state index contributed by atoms with van der Waals surface area (Å²) < 4.78 is 0. The summed E-state index contributed by atoms with van der Waals surface area (Å²) in [5.74, 6) is -0.734. The van der Waals surface area contributed by atoms with E-state index in [1.807, 2.05) is 18.2 Å². The maximum Gasteiger partial charge on any atom is 0.242 e. The van der Waals surface area contributed by atoms with Gasteiger partial charge in [0.05, 0.1) is 13.1 Å². The molecule has 140 valence electrons. The molecule has 0 saturated carbocycles. The number of carbonyl (C=O) groups excluding carboxylic acids is 3. The number of hydrogen-bond acceptors (Lipinski definition) is 4. The Hall–Kier alpha value is -2.67. The van der Waals surface area contributed by atoms with Crippen LogP contribution < -0.4 is 10.6 Å². The number of piperazine rings is 1. The molecule has 0 spiro atoms. The molecule has 1 aromatic carbocycles. The van der Waals surface area contributed by atoms with Crippen molar-refractivity contribution in [2.45, 2.75) is 6.92 Å². The first-order valence-corrected chi connectivity index (χ1v) is 8.77. The largest absolute Gasteiger partial charge is 0.347 e. The zero-order valence-corrected chi connectivity index (χ0v) is 15.1. The summed E-state index contributed by atoms with van der Waals surface area (Å²) >= 11 is 0. The second-order valence-electron chi connectivity index (χ2n) is 6.18. The molecule has 2 rings (SSSR count). The Morgan fingerprint density at radius 1 is 1.00 bits per heavy atom. The fraction of sp³-hybridized carbons (Fsp3) is 0.421. The van der Waals surface area contributed by atoms with Crippen molar-refractivity contribution in [3.05, 3.63) is 42.0 Å².